The van der Waals surface area contributed by atoms with Crippen molar-refractivity contribution >= 4 is 17.5 Å². The smallest absolute Gasteiger partial charge is 0.238 e. The van der Waals surface area contributed by atoms with Gasteiger partial charge in [-0.05, 0) is 51.2 Å². The summed E-state index contributed by atoms with van der Waals surface area (Å²) in [7, 11) is 0. The molecular formula is C21H33N3O3. The lowest BCUT2D eigenvalue weighted by atomic mass is 10.1. The van der Waals surface area contributed by atoms with E-state index in [1.165, 1.54) is 0 Å². The molecule has 6 heteroatoms. The minimum atomic E-state index is -0.0172. The zero-order valence-electron chi connectivity index (χ0n) is 16.8. The van der Waals surface area contributed by atoms with E-state index in [2.05, 4.69) is 15.5 Å². The highest BCUT2D eigenvalue weighted by atomic mass is 16.5. The second kappa shape index (κ2) is 11.0. The van der Waals surface area contributed by atoms with E-state index in [0.717, 1.165) is 36.1 Å². The molecule has 0 aliphatic heterocycles. The van der Waals surface area contributed by atoms with Crippen molar-refractivity contribution in [2.45, 2.75) is 52.5 Å². The molecule has 0 aromatic heterocycles. The molecule has 0 bridgehead atoms. The van der Waals surface area contributed by atoms with E-state index in [0.29, 0.717) is 45.3 Å². The average Bonchev–Trinajstić information content (AvgIpc) is 3.47. The summed E-state index contributed by atoms with van der Waals surface area (Å²) >= 11 is 0. The Balaban J connectivity index is 1.75. The van der Waals surface area contributed by atoms with E-state index in [9.17, 15) is 9.59 Å². The highest BCUT2D eigenvalue weighted by Gasteiger charge is 2.30. The number of amides is 2. The van der Waals surface area contributed by atoms with Gasteiger partial charge in [0.15, 0.2) is 0 Å². The number of ether oxygens (including phenoxy) is 1. The van der Waals surface area contributed by atoms with E-state index < -0.39 is 0 Å². The molecular weight excluding hydrogens is 342 g/mol. The van der Waals surface area contributed by atoms with Crippen LogP contribution in [0.2, 0.25) is 0 Å². The SMILES string of the molecule is CCOCCCNC(=O)CCN(CC(=O)Nc1c(C)cccc1C)C1CC1. The number of carbonyl (C=O) groups is 2. The Morgan fingerprint density at radius 3 is 2.52 bits per heavy atom. The molecule has 1 aliphatic carbocycles. The van der Waals surface area contributed by atoms with Gasteiger partial charge in [-0.3, -0.25) is 14.5 Å². The van der Waals surface area contributed by atoms with Crippen molar-refractivity contribution in [3.05, 3.63) is 29.3 Å². The van der Waals surface area contributed by atoms with Gasteiger partial charge in [0, 0.05) is 44.5 Å². The Kier molecular flexibility index (Phi) is 8.75. The van der Waals surface area contributed by atoms with Crippen LogP contribution in [0.3, 0.4) is 0 Å². The average molecular weight is 376 g/mol. The number of para-hydroxylation sites is 1. The summed E-state index contributed by atoms with van der Waals surface area (Å²) in [5.74, 6) is 0.0173. The van der Waals surface area contributed by atoms with Crippen LogP contribution in [0.4, 0.5) is 5.69 Å². The topological polar surface area (TPSA) is 70.7 Å². The van der Waals surface area contributed by atoms with Gasteiger partial charge < -0.3 is 15.4 Å². The second-order valence-corrected chi connectivity index (χ2v) is 7.17. The van der Waals surface area contributed by atoms with Crippen LogP contribution in [-0.4, -0.2) is 55.6 Å². The summed E-state index contributed by atoms with van der Waals surface area (Å²) in [6, 6.07) is 6.41. The van der Waals surface area contributed by atoms with Crippen LogP contribution in [0.5, 0.6) is 0 Å². The van der Waals surface area contributed by atoms with E-state index in [-0.39, 0.29) is 11.8 Å². The third-order valence-electron chi connectivity index (χ3n) is 4.77. The largest absolute Gasteiger partial charge is 0.382 e. The summed E-state index contributed by atoms with van der Waals surface area (Å²) in [6.07, 6.45) is 3.45. The molecule has 1 aromatic rings. The van der Waals surface area contributed by atoms with E-state index >= 15 is 0 Å². The Labute approximate surface area is 162 Å². The van der Waals surface area contributed by atoms with Crippen LogP contribution >= 0.6 is 0 Å². The normalized spacial score (nSPS) is 13.6. The van der Waals surface area contributed by atoms with Gasteiger partial charge >= 0.3 is 0 Å². The third-order valence-corrected chi connectivity index (χ3v) is 4.77. The molecule has 150 valence electrons. The van der Waals surface area contributed by atoms with E-state index in [1.54, 1.807) is 0 Å². The van der Waals surface area contributed by atoms with Crippen LogP contribution in [0.1, 0.15) is 43.7 Å². The maximum atomic E-state index is 12.5. The summed E-state index contributed by atoms with van der Waals surface area (Å²) in [4.78, 5) is 26.6. The maximum absolute atomic E-state index is 12.5. The molecule has 1 aliphatic rings. The monoisotopic (exact) mass is 375 g/mol. The van der Waals surface area contributed by atoms with Crippen molar-refractivity contribution in [2.75, 3.05) is 38.2 Å². The van der Waals surface area contributed by atoms with Gasteiger partial charge in [0.05, 0.1) is 6.54 Å². The number of benzene rings is 1. The lowest BCUT2D eigenvalue weighted by molar-refractivity contribution is -0.122. The molecule has 0 atom stereocenters. The Morgan fingerprint density at radius 1 is 1.19 bits per heavy atom. The summed E-state index contributed by atoms with van der Waals surface area (Å²) < 4.78 is 5.26. The van der Waals surface area contributed by atoms with Gasteiger partial charge in [-0.15, -0.1) is 0 Å². The van der Waals surface area contributed by atoms with E-state index in [4.69, 9.17) is 4.74 Å². The van der Waals surface area contributed by atoms with Crippen LogP contribution in [0, 0.1) is 13.8 Å². The molecule has 2 rings (SSSR count). The zero-order valence-corrected chi connectivity index (χ0v) is 16.8. The number of carbonyl (C=O) groups excluding carboxylic acids is 2. The molecule has 0 spiro atoms. The van der Waals surface area contributed by atoms with Gasteiger partial charge in [0.1, 0.15) is 0 Å². The second-order valence-electron chi connectivity index (χ2n) is 7.17. The predicted molar refractivity (Wildman–Crippen MR) is 108 cm³/mol. The molecule has 0 unspecified atom stereocenters. The molecule has 1 saturated carbocycles. The van der Waals surface area contributed by atoms with Gasteiger partial charge in [-0.25, -0.2) is 0 Å². The first-order valence-corrected chi connectivity index (χ1v) is 9.95. The van der Waals surface area contributed by atoms with Crippen molar-refractivity contribution in [2.24, 2.45) is 0 Å². The molecule has 2 N–H and O–H groups in total. The number of nitrogens with one attached hydrogen (secondary N) is 2. The van der Waals surface area contributed by atoms with Crippen LogP contribution in [-0.2, 0) is 14.3 Å². The molecule has 1 fully saturated rings. The fourth-order valence-electron chi connectivity index (χ4n) is 3.09. The summed E-state index contributed by atoms with van der Waals surface area (Å²) in [6.45, 7) is 8.90. The van der Waals surface area contributed by atoms with Gasteiger partial charge in [0.25, 0.3) is 0 Å². The number of rotatable bonds is 12. The number of hydrogen-bond acceptors (Lipinski definition) is 4. The maximum Gasteiger partial charge on any atom is 0.238 e. The number of anilines is 1. The van der Waals surface area contributed by atoms with Crippen molar-refractivity contribution < 1.29 is 14.3 Å². The van der Waals surface area contributed by atoms with Crippen LogP contribution in [0.15, 0.2) is 18.2 Å². The van der Waals surface area contributed by atoms with E-state index in [1.807, 2.05) is 39.0 Å². The molecule has 27 heavy (non-hydrogen) atoms. The minimum Gasteiger partial charge on any atom is -0.382 e. The first-order chi connectivity index (χ1) is 13.0. The minimum absolute atomic E-state index is 0.0172. The van der Waals surface area contributed by atoms with Gasteiger partial charge in [-0.1, -0.05) is 18.2 Å². The molecule has 0 saturated heterocycles. The summed E-state index contributed by atoms with van der Waals surface area (Å²) in [5, 5.41) is 5.96. The van der Waals surface area contributed by atoms with Gasteiger partial charge in [-0.2, -0.15) is 0 Å². The quantitative estimate of drug-likeness (QED) is 0.551. The summed E-state index contributed by atoms with van der Waals surface area (Å²) in [5.41, 5.74) is 3.02. The molecule has 2 amide bonds. The Hall–Kier alpha value is -1.92. The number of nitrogens with zero attached hydrogens (tertiary/aromatic N) is 1. The van der Waals surface area contributed by atoms with Crippen LogP contribution < -0.4 is 10.6 Å². The highest BCUT2D eigenvalue weighted by Crippen LogP contribution is 2.27. The van der Waals surface area contributed by atoms with Crippen molar-refractivity contribution in [1.29, 1.82) is 0 Å². The fourth-order valence-corrected chi connectivity index (χ4v) is 3.09. The van der Waals surface area contributed by atoms with Gasteiger partial charge in [0.2, 0.25) is 11.8 Å². The van der Waals surface area contributed by atoms with Crippen molar-refractivity contribution in [3.63, 3.8) is 0 Å². The standard InChI is InChI=1S/C21H33N3O3/c1-4-27-14-6-12-22-19(25)11-13-24(18-9-10-18)15-20(26)23-21-16(2)7-5-8-17(21)3/h5,7-8,18H,4,6,9-15H2,1-3H3,(H,22,25)(H,23,26). The lowest BCUT2D eigenvalue weighted by Gasteiger charge is -2.22. The zero-order chi connectivity index (χ0) is 19.6. The third kappa shape index (κ3) is 7.69. The number of aryl methyl sites for hydroxylation is 2. The molecule has 0 heterocycles. The highest BCUT2D eigenvalue weighted by molar-refractivity contribution is 5.93. The molecule has 6 nitrogen and oxygen atoms in total. The Bertz CT molecular complexity index is 609. The fraction of sp³-hybridized carbons (Fsp3) is 0.619. The number of hydrogen-bond donors (Lipinski definition) is 2. The van der Waals surface area contributed by atoms with Crippen molar-refractivity contribution in [3.8, 4) is 0 Å². The first-order valence-electron chi connectivity index (χ1n) is 9.95. The molecule has 1 aromatic carbocycles. The predicted octanol–water partition coefficient (Wildman–Crippen LogP) is 2.64. The van der Waals surface area contributed by atoms with Crippen molar-refractivity contribution in [1.82, 2.24) is 10.2 Å². The Morgan fingerprint density at radius 2 is 1.89 bits per heavy atom. The molecule has 0 radical (unpaired) electrons. The first kappa shape index (κ1) is 21.4. The lowest BCUT2D eigenvalue weighted by Crippen LogP contribution is -2.38. The van der Waals surface area contributed by atoms with Crippen LogP contribution in [0.25, 0.3) is 0 Å².